The Hall–Kier alpha value is -0.420. The molecule has 0 spiro atoms. The average molecular weight is 220 g/mol. The van der Waals surface area contributed by atoms with Crippen LogP contribution in [0.15, 0.2) is 23.8 Å². The van der Waals surface area contributed by atoms with Crippen LogP contribution in [0.3, 0.4) is 0 Å². The second kappa shape index (κ2) is 3.31. The van der Waals surface area contributed by atoms with E-state index in [4.69, 9.17) is 5.73 Å². The molecule has 0 amide bonds. The van der Waals surface area contributed by atoms with Gasteiger partial charge in [0.25, 0.3) is 0 Å². The van der Waals surface area contributed by atoms with E-state index in [1.807, 2.05) is 0 Å². The van der Waals surface area contributed by atoms with Crippen molar-refractivity contribution in [3.63, 3.8) is 0 Å². The van der Waals surface area contributed by atoms with Gasteiger partial charge < -0.3 is 0 Å². The lowest BCUT2D eigenvalue weighted by Crippen LogP contribution is -2.25. The molecule has 0 saturated carbocycles. The van der Waals surface area contributed by atoms with Gasteiger partial charge >= 0.3 is 6.18 Å². The maximum absolute atomic E-state index is 12.5. The number of nitrogens with one attached hydrogen (secondary N) is 1. The highest BCUT2D eigenvalue weighted by molar-refractivity contribution is 8.00. The maximum atomic E-state index is 12.5. The SMILES string of the molecule is [NH]C1CC2C(C(F)(F)F)=CC=CC2S1. The lowest BCUT2D eigenvalue weighted by Gasteiger charge is -2.23. The summed E-state index contributed by atoms with van der Waals surface area (Å²) in [6.45, 7) is 0. The van der Waals surface area contributed by atoms with Crippen molar-refractivity contribution in [2.24, 2.45) is 5.92 Å². The molecule has 1 heterocycles. The van der Waals surface area contributed by atoms with Crippen LogP contribution < -0.4 is 5.73 Å². The molecule has 1 nitrogen and oxygen atoms in total. The van der Waals surface area contributed by atoms with Crippen molar-refractivity contribution in [3.8, 4) is 0 Å². The molecule has 3 atom stereocenters. The van der Waals surface area contributed by atoms with Crippen molar-refractivity contribution < 1.29 is 13.2 Å². The van der Waals surface area contributed by atoms with Crippen LogP contribution in [0.4, 0.5) is 13.2 Å². The Morgan fingerprint density at radius 2 is 2.14 bits per heavy atom. The van der Waals surface area contributed by atoms with Crippen molar-refractivity contribution in [2.75, 3.05) is 0 Å². The van der Waals surface area contributed by atoms with E-state index in [-0.39, 0.29) is 5.25 Å². The van der Waals surface area contributed by atoms with Gasteiger partial charge in [0, 0.05) is 16.7 Å². The van der Waals surface area contributed by atoms with Crippen molar-refractivity contribution in [3.05, 3.63) is 23.8 Å². The van der Waals surface area contributed by atoms with E-state index in [1.54, 1.807) is 6.08 Å². The molecule has 14 heavy (non-hydrogen) atoms. The van der Waals surface area contributed by atoms with Gasteiger partial charge in [-0.25, -0.2) is 5.73 Å². The van der Waals surface area contributed by atoms with E-state index in [0.717, 1.165) is 6.08 Å². The number of rotatable bonds is 0. The summed E-state index contributed by atoms with van der Waals surface area (Å²) in [7, 11) is 0. The van der Waals surface area contributed by atoms with Crippen LogP contribution in [-0.2, 0) is 0 Å². The van der Waals surface area contributed by atoms with Crippen LogP contribution >= 0.6 is 11.8 Å². The fourth-order valence-electron chi connectivity index (χ4n) is 1.89. The first-order valence-electron chi connectivity index (χ1n) is 4.30. The summed E-state index contributed by atoms with van der Waals surface area (Å²) in [4.78, 5) is 0. The summed E-state index contributed by atoms with van der Waals surface area (Å²) in [6, 6.07) is 0. The van der Waals surface area contributed by atoms with Crippen LogP contribution in [0.2, 0.25) is 0 Å². The van der Waals surface area contributed by atoms with Gasteiger partial charge in [-0.05, 0) is 6.42 Å². The van der Waals surface area contributed by atoms with E-state index >= 15 is 0 Å². The number of halogens is 3. The Morgan fingerprint density at radius 1 is 1.43 bits per heavy atom. The molecule has 0 aromatic carbocycles. The lowest BCUT2D eigenvalue weighted by molar-refractivity contribution is -0.0989. The molecule has 5 heteroatoms. The van der Waals surface area contributed by atoms with Crippen molar-refractivity contribution in [1.82, 2.24) is 5.73 Å². The number of alkyl halides is 3. The molecule has 0 bridgehead atoms. The number of hydrogen-bond donors (Lipinski definition) is 0. The standard InChI is InChI=1S/C9H9F3NS/c10-9(11,12)6-2-1-3-7-5(6)4-8(13)14-7/h1-3,5,7-8,13H,4H2. The average Bonchev–Trinajstić information content (AvgIpc) is 2.41. The Balaban J connectivity index is 2.26. The minimum absolute atomic E-state index is 0.154. The third-order valence-corrected chi connectivity index (χ3v) is 3.81. The predicted octanol–water partition coefficient (Wildman–Crippen LogP) is 2.78. The molecule has 3 unspecified atom stereocenters. The molecular formula is C9H9F3NS. The highest BCUT2D eigenvalue weighted by Gasteiger charge is 2.45. The van der Waals surface area contributed by atoms with Crippen molar-refractivity contribution in [1.29, 1.82) is 0 Å². The second-order valence-electron chi connectivity index (χ2n) is 3.44. The fraction of sp³-hybridized carbons (Fsp3) is 0.556. The molecule has 1 saturated heterocycles. The minimum atomic E-state index is -4.24. The molecule has 0 aromatic rings. The van der Waals surface area contributed by atoms with Gasteiger partial charge in [-0.3, -0.25) is 0 Å². The highest BCUT2D eigenvalue weighted by atomic mass is 32.2. The van der Waals surface area contributed by atoms with Crippen LogP contribution in [0, 0.1) is 5.92 Å². The van der Waals surface area contributed by atoms with Crippen LogP contribution in [-0.4, -0.2) is 16.8 Å². The van der Waals surface area contributed by atoms with Crippen LogP contribution in [0.25, 0.3) is 0 Å². The molecule has 1 aliphatic heterocycles. The summed E-state index contributed by atoms with van der Waals surface area (Å²) in [6.07, 6.45) is 0.428. The third-order valence-electron chi connectivity index (χ3n) is 2.49. The molecule has 1 aliphatic carbocycles. The number of fused-ring (bicyclic) bond motifs is 1. The molecule has 0 aromatic heterocycles. The monoisotopic (exact) mass is 220 g/mol. The van der Waals surface area contributed by atoms with Gasteiger partial charge in [-0.2, -0.15) is 13.2 Å². The highest BCUT2D eigenvalue weighted by Crippen LogP contribution is 2.47. The summed E-state index contributed by atoms with van der Waals surface area (Å²) < 4.78 is 37.6. The Kier molecular flexibility index (Phi) is 2.39. The molecular weight excluding hydrogens is 211 g/mol. The van der Waals surface area contributed by atoms with Gasteiger partial charge in [-0.15, -0.1) is 11.8 Å². The molecule has 2 aliphatic rings. The van der Waals surface area contributed by atoms with E-state index in [9.17, 15) is 13.2 Å². The fourth-order valence-corrected chi connectivity index (χ4v) is 3.21. The molecule has 2 rings (SSSR count). The largest absolute Gasteiger partial charge is 0.413 e. The minimum Gasteiger partial charge on any atom is -0.244 e. The smallest absolute Gasteiger partial charge is 0.244 e. The summed E-state index contributed by atoms with van der Waals surface area (Å²) in [5.41, 5.74) is 6.99. The second-order valence-corrected chi connectivity index (χ2v) is 4.82. The Labute approximate surface area is 84.2 Å². The van der Waals surface area contributed by atoms with Crippen molar-refractivity contribution in [2.45, 2.75) is 23.2 Å². The van der Waals surface area contributed by atoms with Gasteiger partial charge in [0.1, 0.15) is 0 Å². The Morgan fingerprint density at radius 3 is 2.79 bits per heavy atom. The summed E-state index contributed by atoms with van der Waals surface area (Å²) >= 11 is 1.31. The zero-order valence-corrected chi connectivity index (χ0v) is 8.03. The first-order chi connectivity index (χ1) is 6.48. The Bertz CT molecular complexity index is 295. The number of hydrogen-bond acceptors (Lipinski definition) is 1. The molecule has 1 N–H and O–H groups in total. The van der Waals surface area contributed by atoms with Gasteiger partial charge in [0.05, 0.1) is 5.37 Å². The topological polar surface area (TPSA) is 23.8 Å². The first kappa shape index (κ1) is 10.1. The lowest BCUT2D eigenvalue weighted by atomic mass is 9.88. The molecule has 1 radical (unpaired) electrons. The quantitative estimate of drug-likeness (QED) is 0.615. The van der Waals surface area contributed by atoms with E-state index in [2.05, 4.69) is 0 Å². The van der Waals surface area contributed by atoms with Crippen molar-refractivity contribution >= 4 is 11.8 Å². The van der Waals surface area contributed by atoms with Gasteiger partial charge in [0.2, 0.25) is 0 Å². The van der Waals surface area contributed by atoms with E-state index in [1.165, 1.54) is 17.8 Å². The van der Waals surface area contributed by atoms with Crippen LogP contribution in [0.5, 0.6) is 0 Å². The molecule has 1 fully saturated rings. The molecule has 77 valence electrons. The van der Waals surface area contributed by atoms with Crippen LogP contribution in [0.1, 0.15) is 6.42 Å². The number of thioether (sulfide) groups is 1. The summed E-state index contributed by atoms with van der Waals surface area (Å²) in [5, 5.41) is -0.572. The zero-order chi connectivity index (χ0) is 10.3. The normalized spacial score (nSPS) is 36.9. The van der Waals surface area contributed by atoms with Gasteiger partial charge in [0.15, 0.2) is 0 Å². The van der Waals surface area contributed by atoms with E-state index < -0.39 is 23.0 Å². The van der Waals surface area contributed by atoms with E-state index in [0.29, 0.717) is 6.42 Å². The third kappa shape index (κ3) is 1.70. The maximum Gasteiger partial charge on any atom is 0.413 e. The van der Waals surface area contributed by atoms with Gasteiger partial charge in [-0.1, -0.05) is 18.2 Å². The zero-order valence-electron chi connectivity index (χ0n) is 7.21. The summed E-state index contributed by atoms with van der Waals surface area (Å²) in [5.74, 6) is -0.507. The first-order valence-corrected chi connectivity index (χ1v) is 5.25. The predicted molar refractivity (Wildman–Crippen MR) is 49.6 cm³/mol. The number of allylic oxidation sites excluding steroid dienone is 3.